The first-order valence-corrected chi connectivity index (χ1v) is 3.20. The van der Waals surface area contributed by atoms with Gasteiger partial charge in [0.25, 0.3) is 5.91 Å². The fraction of sp³-hybridized carbons (Fsp3) is 0.333. The van der Waals surface area contributed by atoms with Gasteiger partial charge in [0.2, 0.25) is 5.71 Å². The molecular weight excluding hydrogens is 176 g/mol. The van der Waals surface area contributed by atoms with Crippen molar-refractivity contribution in [2.45, 2.75) is 0 Å². The largest absolute Gasteiger partial charge is 0.398 e. The van der Waals surface area contributed by atoms with Gasteiger partial charge < -0.3 is 10.2 Å². The second-order valence-electron chi connectivity index (χ2n) is 1.77. The quantitative estimate of drug-likeness (QED) is 0.422. The highest BCUT2D eigenvalue weighted by atomic mass is 16.6. The molecule has 0 bridgehead atoms. The Labute approximate surface area is 74.3 Å². The molecule has 0 heterocycles. The van der Waals surface area contributed by atoms with E-state index in [2.05, 4.69) is 15.3 Å². The Balaban J connectivity index is 4.34. The topological polar surface area (TPSA) is 104 Å². The Morgan fingerprint density at radius 2 is 2.15 bits per heavy atom. The number of nitriles is 1. The van der Waals surface area contributed by atoms with E-state index in [4.69, 9.17) is 5.26 Å². The summed E-state index contributed by atoms with van der Waals surface area (Å²) in [6.07, 6.45) is 0. The van der Waals surface area contributed by atoms with Crippen molar-refractivity contribution in [3.05, 3.63) is 0 Å². The van der Waals surface area contributed by atoms with Crippen molar-refractivity contribution in [2.75, 3.05) is 14.2 Å². The van der Waals surface area contributed by atoms with Crippen LogP contribution in [0, 0.1) is 11.3 Å². The molecule has 0 radical (unpaired) electrons. The summed E-state index contributed by atoms with van der Waals surface area (Å²) in [5, 5.41) is 15.4. The van der Waals surface area contributed by atoms with Crippen molar-refractivity contribution in [1.29, 1.82) is 5.26 Å². The Bertz CT molecular complexity index is 278. The molecule has 3 amide bonds. The fourth-order valence-electron chi connectivity index (χ4n) is 0.429. The minimum atomic E-state index is -0.913. The van der Waals surface area contributed by atoms with Gasteiger partial charge in [-0.25, -0.2) is 4.79 Å². The van der Waals surface area contributed by atoms with E-state index in [0.29, 0.717) is 0 Å². The maximum absolute atomic E-state index is 10.9. The van der Waals surface area contributed by atoms with Gasteiger partial charge in [-0.3, -0.25) is 10.1 Å². The third kappa shape index (κ3) is 3.71. The number of oxime groups is 1. The lowest BCUT2D eigenvalue weighted by Crippen LogP contribution is -2.40. The molecule has 0 aromatic heterocycles. The Morgan fingerprint density at radius 1 is 1.54 bits per heavy atom. The number of carbonyl (C=O) groups is 2. The van der Waals surface area contributed by atoms with E-state index >= 15 is 0 Å². The first-order valence-electron chi connectivity index (χ1n) is 3.20. The van der Waals surface area contributed by atoms with E-state index in [1.807, 2.05) is 5.32 Å². The molecule has 0 saturated heterocycles. The van der Waals surface area contributed by atoms with E-state index in [0.717, 1.165) is 0 Å². The normalized spacial score (nSPS) is 9.77. The zero-order valence-corrected chi connectivity index (χ0v) is 7.12. The second-order valence-corrected chi connectivity index (χ2v) is 1.77. The van der Waals surface area contributed by atoms with E-state index in [1.165, 1.54) is 20.2 Å². The van der Waals surface area contributed by atoms with Crippen LogP contribution >= 0.6 is 0 Å². The first-order chi connectivity index (χ1) is 6.15. The molecule has 0 aliphatic rings. The average Bonchev–Trinajstić information content (AvgIpc) is 2.13. The SMILES string of the molecule is CNC(=O)NC(=O)/C(C#N)=N/OC. The number of imide groups is 1. The van der Waals surface area contributed by atoms with Crippen LogP contribution < -0.4 is 10.6 Å². The number of amides is 3. The average molecular weight is 184 g/mol. The number of carbonyl (C=O) groups excluding carboxylic acids is 2. The van der Waals surface area contributed by atoms with Crippen LogP contribution in [-0.2, 0) is 9.63 Å². The molecule has 0 saturated carbocycles. The lowest BCUT2D eigenvalue weighted by atomic mass is 10.4. The number of hydrogen-bond acceptors (Lipinski definition) is 5. The zero-order valence-electron chi connectivity index (χ0n) is 7.12. The van der Waals surface area contributed by atoms with Crippen molar-refractivity contribution < 1.29 is 14.4 Å². The third-order valence-electron chi connectivity index (χ3n) is 0.958. The molecule has 0 aliphatic heterocycles. The molecule has 7 heteroatoms. The molecule has 13 heavy (non-hydrogen) atoms. The number of urea groups is 1. The molecule has 70 valence electrons. The van der Waals surface area contributed by atoms with E-state index in [-0.39, 0.29) is 0 Å². The van der Waals surface area contributed by atoms with Crippen LogP contribution in [0.3, 0.4) is 0 Å². The summed E-state index contributed by atoms with van der Waals surface area (Å²) in [4.78, 5) is 25.7. The molecule has 0 unspecified atom stereocenters. The summed E-state index contributed by atoms with van der Waals surface area (Å²) >= 11 is 0. The predicted molar refractivity (Wildman–Crippen MR) is 42.7 cm³/mol. The first kappa shape index (κ1) is 10.9. The highest BCUT2D eigenvalue weighted by molar-refractivity contribution is 6.46. The molecule has 0 aromatic carbocycles. The van der Waals surface area contributed by atoms with Crippen molar-refractivity contribution in [3.8, 4) is 6.07 Å². The zero-order chi connectivity index (χ0) is 10.3. The minimum absolute atomic E-state index is 0.522. The Morgan fingerprint density at radius 3 is 2.54 bits per heavy atom. The number of nitrogens with zero attached hydrogens (tertiary/aromatic N) is 2. The van der Waals surface area contributed by atoms with Crippen molar-refractivity contribution >= 4 is 17.6 Å². The molecule has 7 nitrogen and oxygen atoms in total. The molecule has 0 atom stereocenters. The van der Waals surface area contributed by atoms with Gasteiger partial charge >= 0.3 is 6.03 Å². The maximum Gasteiger partial charge on any atom is 0.321 e. The molecule has 0 aromatic rings. The fourth-order valence-corrected chi connectivity index (χ4v) is 0.429. The van der Waals surface area contributed by atoms with Gasteiger partial charge in [-0.15, -0.1) is 0 Å². The highest BCUT2D eigenvalue weighted by Crippen LogP contribution is 1.79. The van der Waals surface area contributed by atoms with Crippen molar-refractivity contribution in [3.63, 3.8) is 0 Å². The molecule has 2 N–H and O–H groups in total. The summed E-state index contributed by atoms with van der Waals surface area (Å²) < 4.78 is 0. The number of hydrogen-bond donors (Lipinski definition) is 2. The van der Waals surface area contributed by atoms with Crippen LogP contribution in [-0.4, -0.2) is 31.8 Å². The third-order valence-corrected chi connectivity index (χ3v) is 0.958. The summed E-state index contributed by atoms with van der Waals surface area (Å²) in [6, 6.07) is 0.747. The van der Waals surface area contributed by atoms with Crippen molar-refractivity contribution in [1.82, 2.24) is 10.6 Å². The summed E-state index contributed by atoms with van der Waals surface area (Å²) in [5.41, 5.74) is -0.522. The van der Waals surface area contributed by atoms with Crippen molar-refractivity contribution in [2.24, 2.45) is 5.16 Å². The highest BCUT2D eigenvalue weighted by Gasteiger charge is 2.13. The Kier molecular flexibility index (Phi) is 4.64. The standard InChI is InChI=1S/C6H8N4O3/c1-8-6(12)9-5(11)4(3-7)10-13-2/h1-2H3,(H2,8,9,11,12)/b10-4+. The van der Waals surface area contributed by atoms with Crippen LogP contribution in [0.1, 0.15) is 0 Å². The van der Waals surface area contributed by atoms with E-state index < -0.39 is 17.6 Å². The summed E-state index contributed by atoms with van der Waals surface area (Å²) in [5.74, 6) is -0.913. The second kappa shape index (κ2) is 5.54. The monoisotopic (exact) mass is 184 g/mol. The summed E-state index contributed by atoms with van der Waals surface area (Å²) in [6.45, 7) is 0. The lowest BCUT2D eigenvalue weighted by Gasteiger charge is -1.99. The number of nitrogens with one attached hydrogen (secondary N) is 2. The molecule has 0 rings (SSSR count). The van der Waals surface area contributed by atoms with Gasteiger partial charge in [0.1, 0.15) is 13.2 Å². The van der Waals surface area contributed by atoms with Crippen LogP contribution in [0.2, 0.25) is 0 Å². The smallest absolute Gasteiger partial charge is 0.321 e. The number of rotatable bonds is 2. The van der Waals surface area contributed by atoms with Gasteiger partial charge in [-0.05, 0) is 0 Å². The van der Waals surface area contributed by atoms with Crippen LogP contribution in [0.5, 0.6) is 0 Å². The Hall–Kier alpha value is -2.10. The molecule has 0 fully saturated rings. The van der Waals surface area contributed by atoms with E-state index in [9.17, 15) is 9.59 Å². The molecular formula is C6H8N4O3. The van der Waals surface area contributed by atoms with Crippen LogP contribution in [0.15, 0.2) is 5.16 Å². The van der Waals surface area contributed by atoms with Gasteiger partial charge in [-0.1, -0.05) is 5.16 Å². The minimum Gasteiger partial charge on any atom is -0.398 e. The molecule has 0 spiro atoms. The predicted octanol–water partition coefficient (Wildman–Crippen LogP) is -1.03. The lowest BCUT2D eigenvalue weighted by molar-refractivity contribution is -0.113. The van der Waals surface area contributed by atoms with E-state index in [1.54, 1.807) is 0 Å². The van der Waals surface area contributed by atoms with Crippen LogP contribution in [0.25, 0.3) is 0 Å². The molecule has 0 aliphatic carbocycles. The maximum atomic E-state index is 10.9. The van der Waals surface area contributed by atoms with Crippen LogP contribution in [0.4, 0.5) is 4.79 Å². The van der Waals surface area contributed by atoms with Gasteiger partial charge in [0, 0.05) is 7.05 Å². The summed E-state index contributed by atoms with van der Waals surface area (Å²) in [7, 11) is 2.52. The van der Waals surface area contributed by atoms with Gasteiger partial charge in [-0.2, -0.15) is 5.26 Å². The van der Waals surface area contributed by atoms with Gasteiger partial charge in [0.15, 0.2) is 0 Å². The van der Waals surface area contributed by atoms with Gasteiger partial charge in [0.05, 0.1) is 0 Å².